The molecule has 2 N–H and O–H groups in total. The van der Waals surface area contributed by atoms with Gasteiger partial charge in [-0.05, 0) is 53.0 Å². The van der Waals surface area contributed by atoms with Crippen LogP contribution in [-0.2, 0) is 4.79 Å². The molecule has 3 nitrogen and oxygen atoms in total. The molecule has 0 fully saturated rings. The number of carbonyl (C=O) groups is 1. The van der Waals surface area contributed by atoms with Crippen molar-refractivity contribution in [3.8, 4) is 0 Å². The van der Waals surface area contributed by atoms with Crippen LogP contribution in [0, 0.1) is 3.57 Å². The lowest BCUT2D eigenvalue weighted by atomic mass is 10.3. The maximum absolute atomic E-state index is 10.7. The zero-order chi connectivity index (χ0) is 11.4. The Bertz CT molecular complexity index is 411. The molecule has 0 atom stereocenters. The van der Waals surface area contributed by atoms with Gasteiger partial charge in [-0.25, -0.2) is 0 Å². The normalized spacial score (nSPS) is 9.53. The van der Waals surface area contributed by atoms with Crippen molar-refractivity contribution in [2.75, 3.05) is 5.32 Å². The molecule has 0 heterocycles. The van der Waals surface area contributed by atoms with Crippen molar-refractivity contribution < 1.29 is 4.79 Å². The van der Waals surface area contributed by atoms with Gasteiger partial charge in [-0.2, -0.15) is 0 Å². The first-order chi connectivity index (χ1) is 6.99. The van der Waals surface area contributed by atoms with E-state index in [1.165, 1.54) is 6.92 Å². The molecule has 6 heteroatoms. The molecule has 0 unspecified atom stereocenters. The molecule has 0 saturated carbocycles. The van der Waals surface area contributed by atoms with Gasteiger partial charge in [-0.3, -0.25) is 4.79 Å². The SMILES string of the molecule is CC(=O)NC(=S)Nc1ccc(I)cc1Cl. The van der Waals surface area contributed by atoms with Crippen LogP contribution < -0.4 is 10.6 Å². The van der Waals surface area contributed by atoms with Crippen molar-refractivity contribution in [1.82, 2.24) is 5.32 Å². The Labute approximate surface area is 112 Å². The number of amides is 1. The van der Waals surface area contributed by atoms with Gasteiger partial charge in [0.15, 0.2) is 5.11 Å². The van der Waals surface area contributed by atoms with Crippen LogP contribution in [0.15, 0.2) is 18.2 Å². The van der Waals surface area contributed by atoms with E-state index in [1.54, 1.807) is 12.1 Å². The number of thiocarbonyl (C=S) groups is 1. The van der Waals surface area contributed by atoms with Crippen LogP contribution in [0.5, 0.6) is 0 Å². The molecule has 0 aliphatic carbocycles. The number of anilines is 1. The van der Waals surface area contributed by atoms with Gasteiger partial charge in [0.1, 0.15) is 0 Å². The first kappa shape index (κ1) is 12.7. The lowest BCUT2D eigenvalue weighted by Gasteiger charge is -2.09. The highest BCUT2D eigenvalue weighted by Gasteiger charge is 2.03. The second kappa shape index (κ2) is 5.62. The summed E-state index contributed by atoms with van der Waals surface area (Å²) >= 11 is 13.0. The summed E-state index contributed by atoms with van der Waals surface area (Å²) in [6.45, 7) is 1.39. The van der Waals surface area contributed by atoms with E-state index < -0.39 is 0 Å². The van der Waals surface area contributed by atoms with E-state index in [1.807, 2.05) is 6.07 Å². The van der Waals surface area contributed by atoms with Crippen molar-refractivity contribution in [3.63, 3.8) is 0 Å². The molecule has 15 heavy (non-hydrogen) atoms. The fourth-order valence-electron chi connectivity index (χ4n) is 0.904. The Morgan fingerprint density at radius 3 is 2.73 bits per heavy atom. The minimum atomic E-state index is -0.214. The summed E-state index contributed by atoms with van der Waals surface area (Å²) in [7, 11) is 0. The van der Waals surface area contributed by atoms with E-state index in [2.05, 4.69) is 33.2 Å². The molecular formula is C9H8ClIN2OS. The Kier molecular flexibility index (Phi) is 4.75. The summed E-state index contributed by atoms with van der Waals surface area (Å²) in [6, 6.07) is 5.50. The Morgan fingerprint density at radius 2 is 2.20 bits per heavy atom. The Balaban J connectivity index is 2.72. The zero-order valence-corrected chi connectivity index (χ0v) is 11.5. The summed E-state index contributed by atoms with van der Waals surface area (Å²) in [4.78, 5) is 10.7. The molecule has 1 rings (SSSR count). The molecule has 0 aliphatic heterocycles. The molecule has 80 valence electrons. The topological polar surface area (TPSA) is 41.1 Å². The molecular weight excluding hydrogens is 347 g/mol. The minimum Gasteiger partial charge on any atom is -0.331 e. The number of benzene rings is 1. The molecule has 0 radical (unpaired) electrons. The second-order valence-electron chi connectivity index (χ2n) is 2.76. The van der Waals surface area contributed by atoms with Crippen LogP contribution in [0.1, 0.15) is 6.92 Å². The molecule has 0 spiro atoms. The van der Waals surface area contributed by atoms with Gasteiger partial charge in [-0.15, -0.1) is 0 Å². The van der Waals surface area contributed by atoms with Crippen LogP contribution in [-0.4, -0.2) is 11.0 Å². The van der Waals surface area contributed by atoms with E-state index >= 15 is 0 Å². The fraction of sp³-hybridized carbons (Fsp3) is 0.111. The fourth-order valence-corrected chi connectivity index (χ4v) is 2.06. The summed E-state index contributed by atoms with van der Waals surface area (Å²) in [5.74, 6) is -0.214. The van der Waals surface area contributed by atoms with Crippen molar-refractivity contribution >= 4 is 63.1 Å². The Morgan fingerprint density at radius 1 is 1.53 bits per heavy atom. The third kappa shape index (κ3) is 4.31. The summed E-state index contributed by atoms with van der Waals surface area (Å²) in [5, 5.41) is 6.09. The second-order valence-corrected chi connectivity index (χ2v) is 4.82. The molecule has 1 aromatic rings. The number of halogens is 2. The lowest BCUT2D eigenvalue weighted by Crippen LogP contribution is -2.32. The predicted octanol–water partition coefficient (Wildman–Crippen LogP) is 2.78. The zero-order valence-electron chi connectivity index (χ0n) is 7.80. The first-order valence-electron chi connectivity index (χ1n) is 4.02. The third-order valence-electron chi connectivity index (χ3n) is 1.47. The molecule has 0 bridgehead atoms. The monoisotopic (exact) mass is 354 g/mol. The highest BCUT2D eigenvalue weighted by Crippen LogP contribution is 2.23. The molecule has 1 amide bonds. The van der Waals surface area contributed by atoms with Crippen LogP contribution in [0.2, 0.25) is 5.02 Å². The Hall–Kier alpha value is -0.400. The van der Waals surface area contributed by atoms with Crippen molar-refractivity contribution in [1.29, 1.82) is 0 Å². The van der Waals surface area contributed by atoms with Crippen LogP contribution in [0.25, 0.3) is 0 Å². The van der Waals surface area contributed by atoms with Gasteiger partial charge >= 0.3 is 0 Å². The average Bonchev–Trinajstić information content (AvgIpc) is 2.08. The minimum absolute atomic E-state index is 0.214. The highest BCUT2D eigenvalue weighted by molar-refractivity contribution is 14.1. The lowest BCUT2D eigenvalue weighted by molar-refractivity contribution is -0.117. The van der Waals surface area contributed by atoms with E-state index in [4.69, 9.17) is 23.8 Å². The molecule has 1 aromatic carbocycles. The average molecular weight is 355 g/mol. The third-order valence-corrected chi connectivity index (χ3v) is 2.66. The maximum atomic E-state index is 10.7. The maximum Gasteiger partial charge on any atom is 0.222 e. The summed E-state index contributed by atoms with van der Waals surface area (Å²) < 4.78 is 1.04. The van der Waals surface area contributed by atoms with Gasteiger partial charge in [-0.1, -0.05) is 11.6 Å². The van der Waals surface area contributed by atoms with Gasteiger partial charge in [0.2, 0.25) is 5.91 Å². The number of carbonyl (C=O) groups excluding carboxylic acids is 1. The largest absolute Gasteiger partial charge is 0.331 e. The van der Waals surface area contributed by atoms with Gasteiger partial charge in [0.05, 0.1) is 10.7 Å². The van der Waals surface area contributed by atoms with E-state index in [-0.39, 0.29) is 11.0 Å². The molecule has 0 aromatic heterocycles. The van der Waals surface area contributed by atoms with Crippen molar-refractivity contribution in [2.24, 2.45) is 0 Å². The predicted molar refractivity (Wildman–Crippen MR) is 74.2 cm³/mol. The van der Waals surface area contributed by atoms with Crippen LogP contribution in [0.4, 0.5) is 5.69 Å². The van der Waals surface area contributed by atoms with E-state index in [0.717, 1.165) is 3.57 Å². The quantitative estimate of drug-likeness (QED) is 0.602. The van der Waals surface area contributed by atoms with Crippen molar-refractivity contribution in [3.05, 3.63) is 26.8 Å². The molecule has 0 saturated heterocycles. The standard InChI is InChI=1S/C9H8ClIN2OS/c1-5(14)12-9(15)13-8-3-2-6(11)4-7(8)10/h2-4H,1H3,(H2,12,13,14,15). The van der Waals surface area contributed by atoms with Crippen molar-refractivity contribution in [2.45, 2.75) is 6.92 Å². The van der Waals surface area contributed by atoms with Gasteiger partial charge < -0.3 is 10.6 Å². The van der Waals surface area contributed by atoms with E-state index in [9.17, 15) is 4.79 Å². The smallest absolute Gasteiger partial charge is 0.222 e. The van der Waals surface area contributed by atoms with Crippen LogP contribution in [0.3, 0.4) is 0 Å². The molecule has 0 aliphatic rings. The summed E-state index contributed by atoms with van der Waals surface area (Å²) in [5.41, 5.74) is 0.677. The van der Waals surface area contributed by atoms with Gasteiger partial charge in [0, 0.05) is 10.5 Å². The van der Waals surface area contributed by atoms with Gasteiger partial charge in [0.25, 0.3) is 0 Å². The number of hydrogen-bond donors (Lipinski definition) is 2. The number of rotatable bonds is 1. The van der Waals surface area contributed by atoms with Crippen LogP contribution >= 0.6 is 46.4 Å². The summed E-state index contributed by atoms with van der Waals surface area (Å²) in [6.07, 6.45) is 0. The highest BCUT2D eigenvalue weighted by atomic mass is 127. The van der Waals surface area contributed by atoms with E-state index in [0.29, 0.717) is 10.7 Å². The first-order valence-corrected chi connectivity index (χ1v) is 5.89. The number of hydrogen-bond acceptors (Lipinski definition) is 2. The number of nitrogens with one attached hydrogen (secondary N) is 2.